The largest absolute Gasteiger partial charge is 0.374 e. The Balaban J connectivity index is 2.60. The zero-order chi connectivity index (χ0) is 15.3. The topological polar surface area (TPSA) is 70.2 Å². The predicted octanol–water partition coefficient (Wildman–Crippen LogP) is 2.36. The maximum absolute atomic E-state index is 11.9. The molecule has 0 saturated carbocycles. The van der Waals surface area contributed by atoms with Gasteiger partial charge in [-0.1, -0.05) is 0 Å². The first kappa shape index (κ1) is 16.0. The Morgan fingerprint density at radius 2 is 1.55 bits per heavy atom. The number of carbonyl (C=O) groups excluding carboxylic acids is 2. The minimum absolute atomic E-state index is 0.0524. The molecule has 0 bridgehead atoms. The van der Waals surface area contributed by atoms with Crippen LogP contribution in [-0.4, -0.2) is 23.4 Å². The number of rotatable bonds is 4. The molecule has 0 saturated heterocycles. The Kier molecular flexibility index (Phi) is 5.13. The number of nitrogens with one attached hydrogen (secondary N) is 3. The van der Waals surface area contributed by atoms with Crippen LogP contribution in [0.25, 0.3) is 0 Å². The summed E-state index contributed by atoms with van der Waals surface area (Å²) in [6, 6.07) is 6.90. The van der Waals surface area contributed by atoms with Gasteiger partial charge in [0.15, 0.2) is 0 Å². The van der Waals surface area contributed by atoms with Gasteiger partial charge in [-0.3, -0.25) is 9.59 Å². The van der Waals surface area contributed by atoms with E-state index in [9.17, 15) is 9.59 Å². The van der Waals surface area contributed by atoms with Gasteiger partial charge in [0.1, 0.15) is 6.04 Å². The van der Waals surface area contributed by atoms with E-state index in [1.165, 1.54) is 6.92 Å². The summed E-state index contributed by atoms with van der Waals surface area (Å²) >= 11 is 0. The molecule has 3 N–H and O–H groups in total. The van der Waals surface area contributed by atoms with Gasteiger partial charge < -0.3 is 16.0 Å². The number of hydrogen-bond donors (Lipinski definition) is 3. The van der Waals surface area contributed by atoms with Crippen molar-refractivity contribution >= 4 is 23.2 Å². The summed E-state index contributed by atoms with van der Waals surface area (Å²) in [6.07, 6.45) is 0. The molecule has 0 aliphatic heterocycles. The van der Waals surface area contributed by atoms with Crippen LogP contribution in [-0.2, 0) is 9.59 Å². The highest BCUT2D eigenvalue weighted by Gasteiger charge is 2.18. The highest BCUT2D eigenvalue weighted by atomic mass is 16.2. The lowest BCUT2D eigenvalue weighted by Gasteiger charge is -2.24. The first-order chi connectivity index (χ1) is 9.17. The average Bonchev–Trinajstić information content (AvgIpc) is 2.28. The summed E-state index contributed by atoms with van der Waals surface area (Å²) in [7, 11) is 0. The molecule has 0 fully saturated rings. The van der Waals surface area contributed by atoms with Crippen LogP contribution in [0.2, 0.25) is 0 Å². The van der Waals surface area contributed by atoms with Crippen molar-refractivity contribution in [3.05, 3.63) is 24.3 Å². The first-order valence-electron chi connectivity index (χ1n) is 6.63. The van der Waals surface area contributed by atoms with E-state index in [0.717, 1.165) is 11.4 Å². The van der Waals surface area contributed by atoms with Crippen LogP contribution >= 0.6 is 0 Å². The summed E-state index contributed by atoms with van der Waals surface area (Å²) in [5.41, 5.74) is 1.31. The van der Waals surface area contributed by atoms with Crippen molar-refractivity contribution in [1.82, 2.24) is 5.32 Å². The van der Waals surface area contributed by atoms with Gasteiger partial charge in [-0.05, 0) is 52.0 Å². The van der Waals surface area contributed by atoms with Gasteiger partial charge in [-0.2, -0.15) is 0 Å². The lowest BCUT2D eigenvalue weighted by Crippen LogP contribution is -2.47. The molecule has 1 atom stereocenters. The van der Waals surface area contributed by atoms with Gasteiger partial charge >= 0.3 is 0 Å². The van der Waals surface area contributed by atoms with E-state index in [2.05, 4.69) is 16.0 Å². The fourth-order valence-corrected chi connectivity index (χ4v) is 1.65. The molecular weight excluding hydrogens is 254 g/mol. The van der Waals surface area contributed by atoms with E-state index < -0.39 is 0 Å². The Labute approximate surface area is 120 Å². The van der Waals surface area contributed by atoms with Crippen LogP contribution in [0.3, 0.4) is 0 Å². The highest BCUT2D eigenvalue weighted by Crippen LogP contribution is 2.14. The molecule has 0 unspecified atom stereocenters. The Hall–Kier alpha value is -2.04. The summed E-state index contributed by atoms with van der Waals surface area (Å²) in [4.78, 5) is 22.9. The van der Waals surface area contributed by atoms with Crippen LogP contribution in [0, 0.1) is 0 Å². The lowest BCUT2D eigenvalue weighted by molar-refractivity contribution is -0.123. The minimum Gasteiger partial charge on any atom is -0.374 e. The minimum atomic E-state index is -0.333. The number of anilines is 2. The molecule has 20 heavy (non-hydrogen) atoms. The maximum atomic E-state index is 11.9. The fraction of sp³-hybridized carbons (Fsp3) is 0.467. The highest BCUT2D eigenvalue weighted by molar-refractivity contribution is 5.89. The molecule has 5 nitrogen and oxygen atoms in total. The summed E-state index contributed by atoms with van der Waals surface area (Å²) in [5.74, 6) is -0.160. The Morgan fingerprint density at radius 3 is 2.00 bits per heavy atom. The van der Waals surface area contributed by atoms with E-state index in [-0.39, 0.29) is 23.4 Å². The molecule has 0 aromatic heterocycles. The third-order valence-corrected chi connectivity index (χ3v) is 2.48. The van der Waals surface area contributed by atoms with Crippen LogP contribution < -0.4 is 16.0 Å². The molecule has 0 heterocycles. The number of benzene rings is 1. The van der Waals surface area contributed by atoms with Crippen molar-refractivity contribution in [2.45, 2.75) is 46.2 Å². The van der Waals surface area contributed by atoms with Gasteiger partial charge in [-0.15, -0.1) is 0 Å². The summed E-state index contributed by atoms with van der Waals surface area (Å²) < 4.78 is 0. The van der Waals surface area contributed by atoms with Crippen molar-refractivity contribution in [2.24, 2.45) is 0 Å². The van der Waals surface area contributed by atoms with Gasteiger partial charge in [0.2, 0.25) is 11.8 Å². The average molecular weight is 277 g/mol. The molecule has 0 aliphatic rings. The zero-order valence-corrected chi connectivity index (χ0v) is 12.7. The molecule has 1 aromatic carbocycles. The Morgan fingerprint density at radius 1 is 1.05 bits per heavy atom. The lowest BCUT2D eigenvalue weighted by atomic mass is 10.1. The second kappa shape index (κ2) is 6.41. The maximum Gasteiger partial charge on any atom is 0.242 e. The molecule has 2 amide bonds. The summed E-state index contributed by atoms with van der Waals surface area (Å²) in [5, 5.41) is 8.73. The SMILES string of the molecule is CC(=O)Nc1ccc(N[C@@H](C)C(=O)NC(C)(C)C)cc1. The zero-order valence-electron chi connectivity index (χ0n) is 12.7. The third kappa shape index (κ3) is 5.73. The van der Waals surface area contributed by atoms with Crippen LogP contribution in [0.15, 0.2) is 24.3 Å². The van der Waals surface area contributed by atoms with E-state index in [1.54, 1.807) is 12.1 Å². The first-order valence-corrected chi connectivity index (χ1v) is 6.63. The van der Waals surface area contributed by atoms with E-state index >= 15 is 0 Å². The molecular formula is C15H23N3O2. The van der Waals surface area contributed by atoms with E-state index in [1.807, 2.05) is 39.8 Å². The van der Waals surface area contributed by atoms with E-state index in [0.29, 0.717) is 0 Å². The van der Waals surface area contributed by atoms with Crippen LogP contribution in [0.1, 0.15) is 34.6 Å². The molecule has 5 heteroatoms. The van der Waals surface area contributed by atoms with Crippen molar-refractivity contribution < 1.29 is 9.59 Å². The van der Waals surface area contributed by atoms with Gasteiger partial charge in [0, 0.05) is 23.8 Å². The van der Waals surface area contributed by atoms with Gasteiger partial charge in [-0.25, -0.2) is 0 Å². The van der Waals surface area contributed by atoms with Crippen molar-refractivity contribution in [1.29, 1.82) is 0 Å². The third-order valence-electron chi connectivity index (χ3n) is 2.48. The number of carbonyl (C=O) groups is 2. The van der Waals surface area contributed by atoms with Crippen molar-refractivity contribution in [2.75, 3.05) is 10.6 Å². The monoisotopic (exact) mass is 277 g/mol. The normalized spacial score (nSPS) is 12.4. The van der Waals surface area contributed by atoms with Gasteiger partial charge in [0.25, 0.3) is 0 Å². The quantitative estimate of drug-likeness (QED) is 0.791. The van der Waals surface area contributed by atoms with E-state index in [4.69, 9.17) is 0 Å². The molecule has 0 radical (unpaired) electrons. The Bertz CT molecular complexity index is 475. The second-order valence-corrected chi connectivity index (χ2v) is 5.86. The molecule has 0 aliphatic carbocycles. The number of amides is 2. The molecule has 110 valence electrons. The molecule has 1 rings (SSSR count). The van der Waals surface area contributed by atoms with Crippen LogP contribution in [0.5, 0.6) is 0 Å². The van der Waals surface area contributed by atoms with Crippen LogP contribution in [0.4, 0.5) is 11.4 Å². The molecule has 1 aromatic rings. The predicted molar refractivity (Wildman–Crippen MR) is 81.7 cm³/mol. The smallest absolute Gasteiger partial charge is 0.242 e. The number of hydrogen-bond acceptors (Lipinski definition) is 3. The second-order valence-electron chi connectivity index (χ2n) is 5.86. The van der Waals surface area contributed by atoms with Crippen molar-refractivity contribution in [3.8, 4) is 0 Å². The van der Waals surface area contributed by atoms with Gasteiger partial charge in [0.05, 0.1) is 0 Å². The fourth-order valence-electron chi connectivity index (χ4n) is 1.65. The van der Waals surface area contributed by atoms with Crippen molar-refractivity contribution in [3.63, 3.8) is 0 Å². The standard InChI is InChI=1S/C15H23N3O2/c1-10(14(20)18-15(3,4)5)16-12-6-8-13(9-7-12)17-11(2)19/h6-10,16H,1-5H3,(H,17,19)(H,18,20)/t10-/m0/s1. The molecule has 0 spiro atoms. The summed E-state index contributed by atoms with van der Waals surface area (Å²) in [6.45, 7) is 9.10.